The van der Waals surface area contributed by atoms with Crippen LogP contribution >= 0.6 is 15.9 Å². The van der Waals surface area contributed by atoms with E-state index in [0.717, 1.165) is 29.4 Å². The van der Waals surface area contributed by atoms with Gasteiger partial charge < -0.3 is 5.73 Å². The van der Waals surface area contributed by atoms with E-state index in [1.165, 1.54) is 5.69 Å². The topological polar surface area (TPSA) is 56.7 Å². The maximum absolute atomic E-state index is 5.68. The molecule has 0 aliphatic rings. The molecule has 0 saturated heterocycles. The van der Waals surface area contributed by atoms with Gasteiger partial charge in [0.25, 0.3) is 0 Å². The van der Waals surface area contributed by atoms with E-state index in [0.29, 0.717) is 5.82 Å². The van der Waals surface area contributed by atoms with Crippen LogP contribution in [0, 0.1) is 0 Å². The second-order valence-electron chi connectivity index (χ2n) is 3.93. The maximum Gasteiger partial charge on any atom is 0.123 e. The molecule has 0 spiro atoms. The van der Waals surface area contributed by atoms with Crippen molar-refractivity contribution in [1.29, 1.82) is 0 Å². The lowest BCUT2D eigenvalue weighted by Crippen LogP contribution is -2.05. The molecule has 0 saturated carbocycles. The lowest BCUT2D eigenvalue weighted by atomic mass is 10.1. The molecule has 2 aromatic rings. The first-order chi connectivity index (χ1) is 8.20. The number of nitrogen functional groups attached to an aromatic ring is 1. The molecule has 5 heteroatoms. The first kappa shape index (κ1) is 12.1. The van der Waals surface area contributed by atoms with Crippen molar-refractivity contribution in [3.63, 3.8) is 0 Å². The Morgan fingerprint density at radius 2 is 2.29 bits per heavy atom. The molecular formula is C12H15BrN4. The van der Waals surface area contributed by atoms with Crippen molar-refractivity contribution in [3.8, 4) is 0 Å². The summed E-state index contributed by atoms with van der Waals surface area (Å²) in [4.78, 5) is 3.99. The van der Waals surface area contributed by atoms with Gasteiger partial charge in [-0.05, 0) is 40.0 Å². The number of hydrogen-bond donors (Lipinski definition) is 1. The van der Waals surface area contributed by atoms with E-state index in [2.05, 4.69) is 32.9 Å². The van der Waals surface area contributed by atoms with Gasteiger partial charge in [-0.3, -0.25) is 4.68 Å². The minimum Gasteiger partial charge on any atom is -0.384 e. The summed E-state index contributed by atoms with van der Waals surface area (Å²) in [5.74, 6) is 0.556. The molecule has 2 aromatic heterocycles. The molecule has 0 unspecified atom stereocenters. The maximum atomic E-state index is 5.68. The Balaban J connectivity index is 2.26. The fraction of sp³-hybridized carbons (Fsp3) is 0.333. The molecule has 0 amide bonds. The number of nitrogens with zero attached hydrogens (tertiary/aromatic N) is 3. The van der Waals surface area contributed by atoms with Crippen molar-refractivity contribution in [2.24, 2.45) is 0 Å². The van der Waals surface area contributed by atoms with Crippen molar-refractivity contribution in [3.05, 3.63) is 40.3 Å². The van der Waals surface area contributed by atoms with Crippen molar-refractivity contribution in [2.45, 2.75) is 26.3 Å². The minimum atomic E-state index is 0.556. The largest absolute Gasteiger partial charge is 0.384 e. The highest BCUT2D eigenvalue weighted by Gasteiger charge is 2.09. The summed E-state index contributed by atoms with van der Waals surface area (Å²) >= 11 is 3.53. The Bertz CT molecular complexity index is 507. The number of aromatic nitrogens is 3. The second kappa shape index (κ2) is 5.31. The Labute approximate surface area is 109 Å². The van der Waals surface area contributed by atoms with Gasteiger partial charge in [-0.1, -0.05) is 6.92 Å². The van der Waals surface area contributed by atoms with Gasteiger partial charge >= 0.3 is 0 Å². The predicted molar refractivity (Wildman–Crippen MR) is 71.7 cm³/mol. The highest BCUT2D eigenvalue weighted by molar-refractivity contribution is 9.10. The van der Waals surface area contributed by atoms with Gasteiger partial charge in [0.15, 0.2) is 0 Å². The molecular weight excluding hydrogens is 280 g/mol. The van der Waals surface area contributed by atoms with Crippen LogP contribution in [0.3, 0.4) is 0 Å². The number of anilines is 1. The van der Waals surface area contributed by atoms with Gasteiger partial charge in [0.2, 0.25) is 0 Å². The number of rotatable bonds is 4. The van der Waals surface area contributed by atoms with Crippen molar-refractivity contribution in [1.82, 2.24) is 14.8 Å². The molecule has 2 N–H and O–H groups in total. The third kappa shape index (κ3) is 2.85. The molecule has 2 rings (SSSR count). The Morgan fingerprint density at radius 1 is 1.47 bits per heavy atom. The highest BCUT2D eigenvalue weighted by atomic mass is 79.9. The standard InChI is InChI=1S/C12H15BrN4/c1-2-5-17-11(10(13)8-16-17)6-9-3-4-15-12(14)7-9/h3-4,7-8H,2,5-6H2,1H3,(H2,14,15). The molecule has 0 aromatic carbocycles. The Kier molecular flexibility index (Phi) is 3.78. The second-order valence-corrected chi connectivity index (χ2v) is 4.78. The van der Waals surface area contributed by atoms with Gasteiger partial charge in [0.05, 0.1) is 16.4 Å². The summed E-state index contributed by atoms with van der Waals surface area (Å²) in [6.07, 6.45) is 5.46. The fourth-order valence-electron chi connectivity index (χ4n) is 1.77. The third-order valence-electron chi connectivity index (χ3n) is 2.55. The van der Waals surface area contributed by atoms with E-state index in [-0.39, 0.29) is 0 Å². The Morgan fingerprint density at radius 3 is 3.00 bits per heavy atom. The Hall–Kier alpha value is -1.36. The average molecular weight is 295 g/mol. The molecule has 0 aliphatic carbocycles. The molecule has 17 heavy (non-hydrogen) atoms. The number of nitrogens with two attached hydrogens (primary N) is 1. The molecule has 0 atom stereocenters. The van der Waals surface area contributed by atoms with E-state index in [4.69, 9.17) is 5.73 Å². The zero-order chi connectivity index (χ0) is 12.3. The van der Waals surface area contributed by atoms with E-state index in [1.54, 1.807) is 6.20 Å². The van der Waals surface area contributed by atoms with Crippen molar-refractivity contribution < 1.29 is 0 Å². The van der Waals surface area contributed by atoms with E-state index in [9.17, 15) is 0 Å². The summed E-state index contributed by atoms with van der Waals surface area (Å²) < 4.78 is 3.07. The molecule has 0 aliphatic heterocycles. The van der Waals surface area contributed by atoms with Crippen LogP contribution in [0.15, 0.2) is 29.0 Å². The van der Waals surface area contributed by atoms with Gasteiger partial charge in [-0.25, -0.2) is 4.98 Å². The van der Waals surface area contributed by atoms with Crippen LogP contribution in [0.5, 0.6) is 0 Å². The van der Waals surface area contributed by atoms with Crippen molar-refractivity contribution in [2.75, 3.05) is 5.73 Å². The van der Waals surface area contributed by atoms with Gasteiger partial charge in [-0.15, -0.1) is 0 Å². The summed E-state index contributed by atoms with van der Waals surface area (Å²) in [5.41, 5.74) is 8.00. The minimum absolute atomic E-state index is 0.556. The van der Waals surface area contributed by atoms with Crippen LogP contribution in [0.1, 0.15) is 24.6 Å². The third-order valence-corrected chi connectivity index (χ3v) is 3.21. The normalized spacial score (nSPS) is 10.7. The number of aryl methyl sites for hydroxylation is 1. The van der Waals surface area contributed by atoms with Crippen LogP contribution in [0.25, 0.3) is 0 Å². The van der Waals surface area contributed by atoms with Gasteiger partial charge in [0, 0.05) is 19.2 Å². The molecule has 0 radical (unpaired) electrons. The summed E-state index contributed by atoms with van der Waals surface area (Å²) in [7, 11) is 0. The lowest BCUT2D eigenvalue weighted by molar-refractivity contribution is 0.579. The summed E-state index contributed by atoms with van der Waals surface area (Å²) in [5, 5.41) is 4.35. The van der Waals surface area contributed by atoms with Gasteiger partial charge in [0.1, 0.15) is 5.82 Å². The molecule has 0 fully saturated rings. The fourth-order valence-corrected chi connectivity index (χ4v) is 2.20. The number of pyridine rings is 1. The van der Waals surface area contributed by atoms with Crippen LogP contribution in [0.2, 0.25) is 0 Å². The molecule has 0 bridgehead atoms. The van der Waals surface area contributed by atoms with Crippen molar-refractivity contribution >= 4 is 21.7 Å². The van der Waals surface area contributed by atoms with Gasteiger partial charge in [-0.2, -0.15) is 5.10 Å². The smallest absolute Gasteiger partial charge is 0.123 e. The molecule has 4 nitrogen and oxygen atoms in total. The van der Waals surface area contributed by atoms with Crippen LogP contribution < -0.4 is 5.73 Å². The first-order valence-electron chi connectivity index (χ1n) is 5.61. The SMILES string of the molecule is CCCn1ncc(Br)c1Cc1ccnc(N)c1. The average Bonchev–Trinajstić information content (AvgIpc) is 2.62. The first-order valence-corrected chi connectivity index (χ1v) is 6.40. The van der Waals surface area contributed by atoms with E-state index < -0.39 is 0 Å². The highest BCUT2D eigenvalue weighted by Crippen LogP contribution is 2.20. The number of hydrogen-bond acceptors (Lipinski definition) is 3. The monoisotopic (exact) mass is 294 g/mol. The van der Waals surface area contributed by atoms with Crippen LogP contribution in [-0.2, 0) is 13.0 Å². The zero-order valence-electron chi connectivity index (χ0n) is 9.73. The number of halogens is 1. The molecule has 2 heterocycles. The quantitative estimate of drug-likeness (QED) is 0.943. The summed E-state index contributed by atoms with van der Waals surface area (Å²) in [6.45, 7) is 3.07. The molecule has 90 valence electrons. The van der Waals surface area contributed by atoms with Crippen LogP contribution in [-0.4, -0.2) is 14.8 Å². The predicted octanol–water partition coefficient (Wildman–Crippen LogP) is 2.62. The summed E-state index contributed by atoms with van der Waals surface area (Å²) in [6, 6.07) is 3.88. The van der Waals surface area contributed by atoms with E-state index in [1.807, 2.05) is 23.0 Å². The zero-order valence-corrected chi connectivity index (χ0v) is 11.3. The lowest BCUT2D eigenvalue weighted by Gasteiger charge is -2.07. The van der Waals surface area contributed by atoms with E-state index >= 15 is 0 Å². The van der Waals surface area contributed by atoms with Crippen LogP contribution in [0.4, 0.5) is 5.82 Å².